The summed E-state index contributed by atoms with van der Waals surface area (Å²) >= 11 is 0. The van der Waals surface area contributed by atoms with Gasteiger partial charge in [-0.15, -0.1) is 0 Å². The second-order valence-electron chi connectivity index (χ2n) is 5.45. The highest BCUT2D eigenvalue weighted by molar-refractivity contribution is 7.66. The predicted molar refractivity (Wildman–Crippen MR) is 75.1 cm³/mol. The molecule has 4 atom stereocenters. The molecular weight excluding hydrogens is 377 g/mol. The number of ether oxygens (including phenoxy) is 1. The molecule has 4 N–H and O–H groups in total. The molecule has 0 spiro atoms. The van der Waals surface area contributed by atoms with Gasteiger partial charge in [-0.1, -0.05) is 6.42 Å². The van der Waals surface area contributed by atoms with Gasteiger partial charge in [0, 0.05) is 0 Å². The lowest BCUT2D eigenvalue weighted by molar-refractivity contribution is -0.0312. The van der Waals surface area contributed by atoms with E-state index >= 15 is 0 Å². The van der Waals surface area contributed by atoms with Gasteiger partial charge in [0.1, 0.15) is 0 Å². The Morgan fingerprint density at radius 1 is 0.913 bits per heavy atom. The number of phosphoric ester groups is 1. The van der Waals surface area contributed by atoms with E-state index in [1.165, 1.54) is 0 Å². The van der Waals surface area contributed by atoms with Gasteiger partial charge < -0.3 is 24.3 Å². The zero-order valence-electron chi connectivity index (χ0n) is 12.0. The lowest BCUT2D eigenvalue weighted by atomic mass is 9.80. The molecule has 0 amide bonds. The van der Waals surface area contributed by atoms with Crippen LogP contribution in [0.5, 0.6) is 0 Å². The van der Waals surface area contributed by atoms with Crippen molar-refractivity contribution in [3.63, 3.8) is 0 Å². The van der Waals surface area contributed by atoms with E-state index in [-0.39, 0.29) is 12.7 Å². The smallest absolute Gasteiger partial charge is 0.372 e. The van der Waals surface area contributed by atoms with Gasteiger partial charge in [-0.05, 0) is 31.6 Å². The van der Waals surface area contributed by atoms with Crippen LogP contribution in [0.1, 0.15) is 32.1 Å². The Bertz CT molecular complexity index is 555. The van der Waals surface area contributed by atoms with E-state index in [9.17, 15) is 18.6 Å². The maximum atomic E-state index is 11.5. The Balaban J connectivity index is 1.78. The molecule has 0 aromatic rings. The van der Waals surface area contributed by atoms with Gasteiger partial charge in [0.2, 0.25) is 0 Å². The zero-order valence-corrected chi connectivity index (χ0v) is 14.6. The third-order valence-electron chi connectivity index (χ3n) is 3.66. The average Bonchev–Trinajstić information content (AvgIpc) is 2.67. The van der Waals surface area contributed by atoms with Crippen LogP contribution in [0, 0.1) is 5.92 Å². The Labute approximate surface area is 132 Å². The fourth-order valence-corrected chi connectivity index (χ4v) is 5.54. The molecule has 0 bridgehead atoms. The monoisotopic (exact) mass is 396 g/mol. The molecule has 0 aromatic carbocycles. The standard InChI is InChI=1S/C9H19O11P3/c10-21(11,12)19-23(15,16)20-22(13,14)17-6-8-4-5-9(18-8)7-2-1-3-7/h7-9H,1-6H2,(H,13,14)(H,15,16)(H2,10,11,12)/t8-,9+/m0/s1. The van der Waals surface area contributed by atoms with Crippen molar-refractivity contribution >= 4 is 23.5 Å². The topological polar surface area (TPSA) is 169 Å². The molecule has 1 saturated carbocycles. The summed E-state index contributed by atoms with van der Waals surface area (Å²) in [4.78, 5) is 35.2. The highest BCUT2D eigenvalue weighted by Crippen LogP contribution is 2.66. The molecule has 23 heavy (non-hydrogen) atoms. The molecule has 2 fully saturated rings. The van der Waals surface area contributed by atoms with Gasteiger partial charge >= 0.3 is 23.5 Å². The van der Waals surface area contributed by atoms with Gasteiger partial charge in [0.05, 0.1) is 18.8 Å². The van der Waals surface area contributed by atoms with Crippen LogP contribution in [-0.4, -0.2) is 38.4 Å². The van der Waals surface area contributed by atoms with Crippen molar-refractivity contribution in [3.8, 4) is 0 Å². The Morgan fingerprint density at radius 2 is 1.57 bits per heavy atom. The molecule has 2 rings (SSSR count). The van der Waals surface area contributed by atoms with Gasteiger partial charge in [0.15, 0.2) is 0 Å². The molecule has 1 saturated heterocycles. The van der Waals surface area contributed by atoms with Crippen LogP contribution >= 0.6 is 23.5 Å². The molecule has 11 nitrogen and oxygen atoms in total. The van der Waals surface area contributed by atoms with E-state index in [1.54, 1.807) is 0 Å². The van der Waals surface area contributed by atoms with E-state index < -0.39 is 29.6 Å². The Morgan fingerprint density at radius 3 is 2.09 bits per heavy atom. The number of rotatable bonds is 8. The summed E-state index contributed by atoms with van der Waals surface area (Å²) in [6, 6.07) is 0. The molecule has 2 aliphatic rings. The summed E-state index contributed by atoms with van der Waals surface area (Å²) < 4.78 is 50.6. The van der Waals surface area contributed by atoms with Crippen molar-refractivity contribution in [2.75, 3.05) is 6.61 Å². The molecule has 0 aromatic heterocycles. The molecule has 1 aliphatic carbocycles. The summed E-state index contributed by atoms with van der Waals surface area (Å²) in [7, 11) is -15.9. The summed E-state index contributed by atoms with van der Waals surface area (Å²) in [6.45, 7) is -0.354. The van der Waals surface area contributed by atoms with E-state index in [1.807, 2.05) is 0 Å². The van der Waals surface area contributed by atoms with Crippen molar-refractivity contribution < 1.29 is 51.2 Å². The predicted octanol–water partition coefficient (Wildman–Crippen LogP) is 1.68. The first kappa shape index (κ1) is 19.7. The normalized spacial score (nSPS) is 31.3. The first-order valence-corrected chi connectivity index (χ1v) is 11.4. The van der Waals surface area contributed by atoms with Crippen LogP contribution in [0.4, 0.5) is 0 Å². The summed E-state index contributed by atoms with van der Waals surface area (Å²) in [5.41, 5.74) is 0. The van der Waals surface area contributed by atoms with E-state index in [0.717, 1.165) is 25.7 Å². The van der Waals surface area contributed by atoms with Gasteiger partial charge in [-0.2, -0.15) is 8.62 Å². The minimum atomic E-state index is -5.46. The largest absolute Gasteiger partial charge is 0.490 e. The fraction of sp³-hybridized carbons (Fsp3) is 1.00. The number of hydrogen-bond donors (Lipinski definition) is 4. The molecule has 136 valence electrons. The SMILES string of the molecule is O=P(O)(O)OP(=O)(O)OP(=O)(O)OC[C@@H]1CC[C@H](C2CCC2)O1. The van der Waals surface area contributed by atoms with Crippen molar-refractivity contribution in [3.05, 3.63) is 0 Å². The third kappa shape index (κ3) is 6.65. The zero-order chi connectivity index (χ0) is 17.3. The minimum Gasteiger partial charge on any atom is -0.372 e. The molecule has 14 heteroatoms. The van der Waals surface area contributed by atoms with Crippen LogP contribution in [0.25, 0.3) is 0 Å². The summed E-state index contributed by atoms with van der Waals surface area (Å²) in [5, 5.41) is 0. The van der Waals surface area contributed by atoms with Crippen LogP contribution < -0.4 is 0 Å². The summed E-state index contributed by atoms with van der Waals surface area (Å²) in [5.74, 6) is 0.492. The quantitative estimate of drug-likeness (QED) is 0.440. The van der Waals surface area contributed by atoms with E-state index in [2.05, 4.69) is 13.1 Å². The van der Waals surface area contributed by atoms with Gasteiger partial charge in [-0.3, -0.25) is 4.52 Å². The molecular formula is C9H19O11P3. The lowest BCUT2D eigenvalue weighted by Gasteiger charge is -2.31. The minimum absolute atomic E-state index is 0.0817. The third-order valence-corrected chi connectivity index (χ3v) is 7.46. The second kappa shape index (κ2) is 7.32. The van der Waals surface area contributed by atoms with Gasteiger partial charge in [0.25, 0.3) is 0 Å². The van der Waals surface area contributed by atoms with Crippen LogP contribution in [-0.2, 0) is 31.6 Å². The van der Waals surface area contributed by atoms with E-state index in [0.29, 0.717) is 12.3 Å². The van der Waals surface area contributed by atoms with Crippen molar-refractivity contribution in [1.82, 2.24) is 0 Å². The fourth-order valence-electron chi connectivity index (χ4n) is 2.50. The maximum absolute atomic E-state index is 11.5. The summed E-state index contributed by atoms with van der Waals surface area (Å²) in [6.07, 6.45) is 4.38. The van der Waals surface area contributed by atoms with Crippen LogP contribution in [0.15, 0.2) is 0 Å². The van der Waals surface area contributed by atoms with Crippen molar-refractivity contribution in [1.29, 1.82) is 0 Å². The number of phosphoric acid groups is 3. The van der Waals surface area contributed by atoms with Crippen LogP contribution in [0.3, 0.4) is 0 Å². The van der Waals surface area contributed by atoms with E-state index in [4.69, 9.17) is 19.4 Å². The molecule has 0 radical (unpaired) electrons. The van der Waals surface area contributed by atoms with Crippen molar-refractivity contribution in [2.45, 2.75) is 44.3 Å². The maximum Gasteiger partial charge on any atom is 0.490 e. The highest BCUT2D eigenvalue weighted by Gasteiger charge is 2.42. The second-order valence-corrected chi connectivity index (χ2v) is 9.87. The first-order chi connectivity index (χ1) is 10.5. The first-order valence-electron chi connectivity index (χ1n) is 6.90. The molecule has 1 aliphatic heterocycles. The van der Waals surface area contributed by atoms with Crippen molar-refractivity contribution in [2.24, 2.45) is 5.92 Å². The average molecular weight is 396 g/mol. The van der Waals surface area contributed by atoms with Crippen LogP contribution in [0.2, 0.25) is 0 Å². The Kier molecular flexibility index (Phi) is 6.26. The highest BCUT2D eigenvalue weighted by atomic mass is 31.3. The molecule has 2 unspecified atom stereocenters. The number of hydrogen-bond acceptors (Lipinski definition) is 7. The van der Waals surface area contributed by atoms with Gasteiger partial charge in [-0.25, -0.2) is 13.7 Å². The lowest BCUT2D eigenvalue weighted by Crippen LogP contribution is -2.27. The molecule has 1 heterocycles. The Hall–Kier alpha value is 0.370.